The lowest BCUT2D eigenvalue weighted by atomic mass is 9.89. The molecule has 7 heteroatoms. The highest BCUT2D eigenvalue weighted by Crippen LogP contribution is 2.31. The molecule has 1 saturated carbocycles. The third-order valence-corrected chi connectivity index (χ3v) is 7.19. The Labute approximate surface area is 176 Å². The van der Waals surface area contributed by atoms with Gasteiger partial charge in [-0.15, -0.1) is 10.2 Å². The maximum Gasteiger partial charge on any atom is 0.233 e. The van der Waals surface area contributed by atoms with Crippen LogP contribution in [0.25, 0.3) is 0 Å². The molecule has 1 aliphatic rings. The van der Waals surface area contributed by atoms with E-state index in [-0.39, 0.29) is 11.2 Å². The maximum atomic E-state index is 12.4. The Morgan fingerprint density at radius 2 is 1.86 bits per heavy atom. The van der Waals surface area contributed by atoms with Gasteiger partial charge in [0.15, 0.2) is 4.34 Å². The van der Waals surface area contributed by atoms with Gasteiger partial charge >= 0.3 is 0 Å². The Kier molecular flexibility index (Phi) is 7.73. The summed E-state index contributed by atoms with van der Waals surface area (Å²) in [6, 6.07) is 8.38. The molecule has 1 atom stereocenters. The van der Waals surface area contributed by atoms with E-state index in [0.29, 0.717) is 11.8 Å². The van der Waals surface area contributed by atoms with Crippen molar-refractivity contribution < 1.29 is 4.79 Å². The molecule has 0 aliphatic heterocycles. The second-order valence-electron chi connectivity index (χ2n) is 7.78. The number of anilines is 2. The topological polar surface area (TPSA) is 66.9 Å². The molecule has 0 radical (unpaired) electrons. The molecule has 2 N–H and O–H groups in total. The summed E-state index contributed by atoms with van der Waals surface area (Å²) in [7, 11) is 0. The molecule has 3 rings (SSSR count). The second kappa shape index (κ2) is 10.3. The lowest BCUT2D eigenvalue weighted by Gasteiger charge is -2.22. The zero-order valence-electron chi connectivity index (χ0n) is 16.9. The summed E-state index contributed by atoms with van der Waals surface area (Å²) in [5.74, 6) is 1.25. The molecule has 28 heavy (non-hydrogen) atoms. The molecule has 0 unspecified atom stereocenters. The van der Waals surface area contributed by atoms with Crippen LogP contribution in [0.15, 0.2) is 28.6 Å². The van der Waals surface area contributed by atoms with Gasteiger partial charge in [0.2, 0.25) is 11.0 Å². The van der Waals surface area contributed by atoms with Gasteiger partial charge in [0, 0.05) is 12.2 Å². The summed E-state index contributed by atoms with van der Waals surface area (Å²) >= 11 is 2.95. The van der Waals surface area contributed by atoms with Crippen molar-refractivity contribution in [2.24, 2.45) is 5.92 Å². The number of thioether (sulfide) groups is 1. The third-order valence-electron chi connectivity index (χ3n) is 5.17. The summed E-state index contributed by atoms with van der Waals surface area (Å²) in [4.78, 5) is 12.4. The first-order chi connectivity index (χ1) is 13.5. The zero-order chi connectivity index (χ0) is 19.9. The summed E-state index contributed by atoms with van der Waals surface area (Å²) in [5.41, 5.74) is 2.31. The summed E-state index contributed by atoms with van der Waals surface area (Å²) in [5, 5.41) is 15.4. The summed E-state index contributed by atoms with van der Waals surface area (Å²) < 4.78 is 0.807. The van der Waals surface area contributed by atoms with Gasteiger partial charge in [-0.1, -0.05) is 68.3 Å². The van der Waals surface area contributed by atoms with Crippen molar-refractivity contribution in [3.63, 3.8) is 0 Å². The number of benzene rings is 1. The second-order valence-corrected chi connectivity index (χ2v) is 10.3. The van der Waals surface area contributed by atoms with E-state index in [9.17, 15) is 4.79 Å². The SMILES string of the molecule is CC(C)c1ccc(Nc2nnc(S[C@H](C)C(=O)NCC3CCCCC3)s2)cc1. The molecule has 1 aromatic carbocycles. The zero-order valence-corrected chi connectivity index (χ0v) is 18.5. The lowest BCUT2D eigenvalue weighted by molar-refractivity contribution is -0.120. The van der Waals surface area contributed by atoms with Crippen LogP contribution < -0.4 is 10.6 Å². The summed E-state index contributed by atoms with van der Waals surface area (Å²) in [6.45, 7) is 7.10. The minimum atomic E-state index is -0.172. The lowest BCUT2D eigenvalue weighted by Crippen LogP contribution is -2.35. The Bertz CT molecular complexity index is 754. The largest absolute Gasteiger partial charge is 0.355 e. The number of nitrogens with zero attached hydrogens (tertiary/aromatic N) is 2. The molecule has 1 amide bonds. The Hall–Kier alpha value is -1.60. The first-order valence-electron chi connectivity index (χ1n) is 10.2. The van der Waals surface area contributed by atoms with Crippen LogP contribution in [0.5, 0.6) is 0 Å². The number of carbonyl (C=O) groups excluding carboxylic acids is 1. The fourth-order valence-electron chi connectivity index (χ4n) is 3.37. The highest BCUT2D eigenvalue weighted by Gasteiger charge is 2.19. The quantitative estimate of drug-likeness (QED) is 0.548. The fraction of sp³-hybridized carbons (Fsp3) is 0.571. The molecule has 5 nitrogen and oxygen atoms in total. The Morgan fingerprint density at radius 3 is 2.54 bits per heavy atom. The van der Waals surface area contributed by atoms with Crippen LogP contribution in [-0.2, 0) is 4.79 Å². The third kappa shape index (κ3) is 6.21. The van der Waals surface area contributed by atoms with Crippen LogP contribution in [0.2, 0.25) is 0 Å². The van der Waals surface area contributed by atoms with E-state index in [0.717, 1.165) is 21.7 Å². The predicted octanol–water partition coefficient (Wildman–Crippen LogP) is 5.58. The van der Waals surface area contributed by atoms with Crippen molar-refractivity contribution in [3.8, 4) is 0 Å². The number of hydrogen-bond donors (Lipinski definition) is 2. The predicted molar refractivity (Wildman–Crippen MR) is 119 cm³/mol. The molecule has 1 fully saturated rings. The monoisotopic (exact) mass is 418 g/mol. The van der Waals surface area contributed by atoms with E-state index in [1.54, 1.807) is 0 Å². The molecule has 2 aromatic rings. The van der Waals surface area contributed by atoms with Crippen LogP contribution in [-0.4, -0.2) is 27.9 Å². The molecular weight excluding hydrogens is 388 g/mol. The highest BCUT2D eigenvalue weighted by atomic mass is 32.2. The van der Waals surface area contributed by atoms with Crippen LogP contribution in [0.1, 0.15) is 64.4 Å². The van der Waals surface area contributed by atoms with E-state index in [4.69, 9.17) is 0 Å². The van der Waals surface area contributed by atoms with Gasteiger partial charge in [-0.25, -0.2) is 0 Å². The number of nitrogens with one attached hydrogen (secondary N) is 2. The van der Waals surface area contributed by atoms with Crippen LogP contribution in [0.4, 0.5) is 10.8 Å². The smallest absolute Gasteiger partial charge is 0.233 e. The Balaban J connectivity index is 1.47. The van der Waals surface area contributed by atoms with Crippen molar-refractivity contribution in [1.29, 1.82) is 0 Å². The number of carbonyl (C=O) groups is 1. The first kappa shape index (κ1) is 21.1. The van der Waals surface area contributed by atoms with Gasteiger partial charge in [0.1, 0.15) is 0 Å². The van der Waals surface area contributed by atoms with E-state index in [1.807, 2.05) is 6.92 Å². The molecule has 1 heterocycles. The number of amides is 1. The average Bonchev–Trinajstić information content (AvgIpc) is 3.14. The standard InChI is InChI=1S/C21H30N4OS2/c1-14(2)17-9-11-18(12-10-17)23-20-24-25-21(28-20)27-15(3)19(26)22-13-16-7-5-4-6-8-16/h9-12,14-16H,4-8,13H2,1-3H3,(H,22,26)(H,23,24)/t15-/m1/s1. The fourth-order valence-corrected chi connectivity index (χ4v) is 5.31. The molecule has 0 bridgehead atoms. The van der Waals surface area contributed by atoms with Crippen LogP contribution in [0.3, 0.4) is 0 Å². The van der Waals surface area contributed by atoms with E-state index in [2.05, 4.69) is 58.9 Å². The number of hydrogen-bond acceptors (Lipinski definition) is 6. The van der Waals surface area contributed by atoms with E-state index >= 15 is 0 Å². The van der Waals surface area contributed by atoms with Crippen molar-refractivity contribution >= 4 is 39.8 Å². The van der Waals surface area contributed by atoms with Gasteiger partial charge in [0.05, 0.1) is 5.25 Å². The Morgan fingerprint density at radius 1 is 1.14 bits per heavy atom. The van der Waals surface area contributed by atoms with Gasteiger partial charge in [-0.3, -0.25) is 4.79 Å². The molecule has 0 saturated heterocycles. The van der Waals surface area contributed by atoms with Crippen molar-refractivity contribution in [2.45, 2.75) is 68.4 Å². The molecule has 152 valence electrons. The van der Waals surface area contributed by atoms with E-state index in [1.165, 1.54) is 60.8 Å². The van der Waals surface area contributed by atoms with Crippen molar-refractivity contribution in [2.75, 3.05) is 11.9 Å². The van der Waals surface area contributed by atoms with Gasteiger partial charge < -0.3 is 10.6 Å². The van der Waals surface area contributed by atoms with Gasteiger partial charge in [-0.05, 0) is 49.3 Å². The minimum absolute atomic E-state index is 0.0876. The molecule has 1 aliphatic carbocycles. The van der Waals surface area contributed by atoms with Crippen molar-refractivity contribution in [3.05, 3.63) is 29.8 Å². The van der Waals surface area contributed by atoms with Crippen LogP contribution in [0, 0.1) is 5.92 Å². The van der Waals surface area contributed by atoms with Gasteiger partial charge in [0.25, 0.3) is 0 Å². The highest BCUT2D eigenvalue weighted by molar-refractivity contribution is 8.02. The van der Waals surface area contributed by atoms with Gasteiger partial charge in [-0.2, -0.15) is 0 Å². The summed E-state index contributed by atoms with van der Waals surface area (Å²) in [6.07, 6.45) is 6.42. The normalized spacial score (nSPS) is 16.1. The average molecular weight is 419 g/mol. The number of aromatic nitrogens is 2. The molecule has 1 aromatic heterocycles. The number of rotatable bonds is 8. The molecular formula is C21H30N4OS2. The first-order valence-corrected chi connectivity index (χ1v) is 11.9. The van der Waals surface area contributed by atoms with Crippen molar-refractivity contribution in [1.82, 2.24) is 15.5 Å². The molecule has 0 spiro atoms. The van der Waals surface area contributed by atoms with E-state index < -0.39 is 0 Å². The van der Waals surface area contributed by atoms with Crippen LogP contribution >= 0.6 is 23.1 Å². The maximum absolute atomic E-state index is 12.4. The minimum Gasteiger partial charge on any atom is -0.355 e.